The van der Waals surface area contributed by atoms with Crippen LogP contribution in [0.15, 0.2) is 53.7 Å². The molecule has 0 fully saturated rings. The average Bonchev–Trinajstić information content (AvgIpc) is 3.20. The number of ether oxygens (including phenoxy) is 2. The number of thioether (sulfide) groups is 1. The van der Waals surface area contributed by atoms with Crippen molar-refractivity contribution in [2.75, 3.05) is 24.9 Å². The van der Waals surface area contributed by atoms with Crippen molar-refractivity contribution in [1.29, 1.82) is 0 Å². The maximum Gasteiger partial charge on any atom is 0.337 e. The van der Waals surface area contributed by atoms with Gasteiger partial charge in [0, 0.05) is 16.3 Å². The van der Waals surface area contributed by atoms with Crippen molar-refractivity contribution in [2.24, 2.45) is 0 Å². The highest BCUT2D eigenvalue weighted by molar-refractivity contribution is 8.00. The number of amides is 1. The molecule has 1 amide bonds. The van der Waals surface area contributed by atoms with Crippen LogP contribution >= 0.6 is 11.8 Å². The molecule has 0 saturated carbocycles. The number of aryl methyl sites for hydroxylation is 2. The fourth-order valence-electron chi connectivity index (χ4n) is 3.04. The summed E-state index contributed by atoms with van der Waals surface area (Å²) < 4.78 is 10.0. The molecule has 0 atom stereocenters. The van der Waals surface area contributed by atoms with Gasteiger partial charge >= 0.3 is 5.97 Å². The van der Waals surface area contributed by atoms with Crippen LogP contribution in [0.5, 0.6) is 5.75 Å². The Kier molecular flexibility index (Phi) is 7.36. The van der Waals surface area contributed by atoms with Gasteiger partial charge in [0.2, 0.25) is 5.91 Å². The van der Waals surface area contributed by atoms with Gasteiger partial charge in [-0.25, -0.2) is 9.78 Å². The Morgan fingerprint density at radius 1 is 1.10 bits per heavy atom. The zero-order valence-corrected chi connectivity index (χ0v) is 18.8. The molecule has 1 N–H and O–H groups in total. The number of benzene rings is 2. The van der Waals surface area contributed by atoms with Crippen LogP contribution in [0.1, 0.15) is 27.3 Å². The van der Waals surface area contributed by atoms with Crippen LogP contribution in [0.25, 0.3) is 0 Å². The summed E-state index contributed by atoms with van der Waals surface area (Å²) in [6.45, 7) is 4.11. The fourth-order valence-corrected chi connectivity index (χ4v) is 3.82. The summed E-state index contributed by atoms with van der Waals surface area (Å²) in [7, 11) is 2.95. The van der Waals surface area contributed by atoms with Crippen molar-refractivity contribution in [3.63, 3.8) is 0 Å². The van der Waals surface area contributed by atoms with E-state index in [2.05, 4.69) is 9.97 Å². The molecule has 0 spiro atoms. The lowest BCUT2D eigenvalue weighted by atomic mass is 10.1. The van der Waals surface area contributed by atoms with E-state index in [1.807, 2.05) is 44.2 Å². The molecule has 0 aliphatic carbocycles. The highest BCUT2D eigenvalue weighted by atomic mass is 32.2. The number of imidazole rings is 1. The monoisotopic (exact) mass is 439 g/mol. The lowest BCUT2D eigenvalue weighted by Gasteiger charge is -2.25. The van der Waals surface area contributed by atoms with Crippen LogP contribution in [-0.2, 0) is 16.1 Å². The van der Waals surface area contributed by atoms with Gasteiger partial charge in [0.25, 0.3) is 0 Å². The van der Waals surface area contributed by atoms with Crippen LogP contribution in [0.2, 0.25) is 0 Å². The summed E-state index contributed by atoms with van der Waals surface area (Å²) >= 11 is 1.44. The van der Waals surface area contributed by atoms with Crippen molar-refractivity contribution in [3.8, 4) is 5.75 Å². The number of H-pyrrole nitrogens is 1. The molecule has 2 aromatic carbocycles. The normalized spacial score (nSPS) is 10.6. The molecule has 7 nitrogen and oxygen atoms in total. The number of methoxy groups -OCH3 is 2. The number of nitrogens with one attached hydrogen (secondary N) is 1. The molecule has 1 heterocycles. The van der Waals surface area contributed by atoms with Crippen molar-refractivity contribution in [1.82, 2.24) is 9.97 Å². The minimum atomic E-state index is -0.447. The number of anilines is 1. The molecule has 162 valence electrons. The molecule has 0 aliphatic heterocycles. The van der Waals surface area contributed by atoms with Crippen LogP contribution < -0.4 is 9.64 Å². The standard InChI is InChI=1S/C23H25N3O4S/c1-15-5-6-17(23(28)30-4)11-21(15)26(12-20-16(2)24-14-25-20)22(27)13-31-19-9-7-18(29-3)8-10-19/h5-11,14H,12-13H2,1-4H3,(H,24,25). The Morgan fingerprint density at radius 3 is 2.45 bits per heavy atom. The number of hydrogen-bond donors (Lipinski definition) is 1. The molecule has 3 rings (SSSR count). The molecule has 3 aromatic rings. The summed E-state index contributed by atoms with van der Waals surface area (Å²) in [4.78, 5) is 35.4. The molecule has 0 radical (unpaired) electrons. The molecule has 0 aliphatic rings. The number of rotatable bonds is 8. The molecule has 8 heteroatoms. The van der Waals surface area contributed by atoms with E-state index in [4.69, 9.17) is 9.47 Å². The summed E-state index contributed by atoms with van der Waals surface area (Å²) in [5.41, 5.74) is 3.59. The number of hydrogen-bond acceptors (Lipinski definition) is 6. The van der Waals surface area contributed by atoms with Gasteiger partial charge < -0.3 is 19.4 Å². The van der Waals surface area contributed by atoms with Gasteiger partial charge in [0.1, 0.15) is 5.75 Å². The molecule has 0 saturated heterocycles. The summed E-state index contributed by atoms with van der Waals surface area (Å²) in [6, 6.07) is 12.8. The first-order valence-corrected chi connectivity index (χ1v) is 10.7. The minimum Gasteiger partial charge on any atom is -0.497 e. The van der Waals surface area contributed by atoms with Crippen LogP contribution in [0.3, 0.4) is 0 Å². The summed E-state index contributed by atoms with van der Waals surface area (Å²) in [5.74, 6) is 0.463. The van der Waals surface area contributed by atoms with Crippen LogP contribution in [0.4, 0.5) is 5.69 Å². The number of carbonyl (C=O) groups is 2. The quantitative estimate of drug-likeness (QED) is 0.419. The maximum atomic E-state index is 13.3. The van der Waals surface area contributed by atoms with E-state index >= 15 is 0 Å². The second-order valence-corrected chi connectivity index (χ2v) is 7.96. The van der Waals surface area contributed by atoms with Crippen LogP contribution in [-0.4, -0.2) is 41.8 Å². The van der Waals surface area contributed by atoms with Gasteiger partial charge in [-0.15, -0.1) is 11.8 Å². The lowest BCUT2D eigenvalue weighted by molar-refractivity contribution is -0.116. The minimum absolute atomic E-state index is 0.0895. The second kappa shape index (κ2) is 10.2. The van der Waals surface area contributed by atoms with Crippen molar-refractivity contribution in [2.45, 2.75) is 25.3 Å². The van der Waals surface area contributed by atoms with E-state index in [1.54, 1.807) is 30.5 Å². The molecule has 1 aromatic heterocycles. The number of nitrogens with zero attached hydrogens (tertiary/aromatic N) is 2. The van der Waals surface area contributed by atoms with Gasteiger partial charge in [-0.3, -0.25) is 4.79 Å². The highest BCUT2D eigenvalue weighted by Gasteiger charge is 2.22. The average molecular weight is 440 g/mol. The molecular formula is C23H25N3O4S. The van der Waals surface area contributed by atoms with Gasteiger partial charge in [0.05, 0.1) is 44.1 Å². The van der Waals surface area contributed by atoms with Gasteiger partial charge in [-0.2, -0.15) is 0 Å². The fraction of sp³-hybridized carbons (Fsp3) is 0.261. The molecule has 0 unspecified atom stereocenters. The maximum absolute atomic E-state index is 13.3. The molecule has 31 heavy (non-hydrogen) atoms. The summed E-state index contributed by atoms with van der Waals surface area (Å²) in [5, 5.41) is 0. The van der Waals surface area contributed by atoms with E-state index in [0.717, 1.165) is 27.6 Å². The number of carbonyl (C=O) groups excluding carboxylic acids is 2. The Balaban J connectivity index is 1.88. The van der Waals surface area contributed by atoms with Crippen molar-refractivity contribution in [3.05, 3.63) is 71.3 Å². The Bertz CT molecular complexity index is 1060. The predicted octanol–water partition coefficient (Wildman–Crippen LogP) is 4.15. The largest absolute Gasteiger partial charge is 0.497 e. The summed E-state index contributed by atoms with van der Waals surface area (Å²) in [6.07, 6.45) is 1.61. The molecular weight excluding hydrogens is 414 g/mol. The number of aromatic nitrogens is 2. The first-order chi connectivity index (χ1) is 14.9. The first kappa shape index (κ1) is 22.4. The van der Waals surface area contributed by atoms with E-state index in [0.29, 0.717) is 17.8 Å². The van der Waals surface area contributed by atoms with E-state index in [-0.39, 0.29) is 11.7 Å². The SMILES string of the molecule is COC(=O)c1ccc(C)c(N(Cc2nc[nH]c2C)C(=O)CSc2ccc(OC)cc2)c1. The Labute approximate surface area is 185 Å². The van der Waals surface area contributed by atoms with Crippen molar-refractivity contribution >= 4 is 29.3 Å². The van der Waals surface area contributed by atoms with Crippen molar-refractivity contribution < 1.29 is 19.1 Å². The Hall–Kier alpha value is -3.26. The second-order valence-electron chi connectivity index (χ2n) is 6.91. The predicted molar refractivity (Wildman–Crippen MR) is 121 cm³/mol. The third-order valence-corrected chi connectivity index (χ3v) is 5.88. The Morgan fingerprint density at radius 2 is 1.84 bits per heavy atom. The number of esters is 1. The first-order valence-electron chi connectivity index (χ1n) is 9.68. The highest BCUT2D eigenvalue weighted by Crippen LogP contribution is 2.27. The van der Waals surface area contributed by atoms with E-state index in [9.17, 15) is 9.59 Å². The third-order valence-electron chi connectivity index (χ3n) is 4.89. The zero-order valence-electron chi connectivity index (χ0n) is 18.0. The zero-order chi connectivity index (χ0) is 22.4. The topological polar surface area (TPSA) is 84.5 Å². The van der Waals surface area contributed by atoms with Gasteiger partial charge in [0.15, 0.2) is 0 Å². The lowest BCUT2D eigenvalue weighted by Crippen LogP contribution is -2.33. The van der Waals surface area contributed by atoms with Gasteiger partial charge in [-0.1, -0.05) is 6.07 Å². The third kappa shape index (κ3) is 5.46. The van der Waals surface area contributed by atoms with E-state index < -0.39 is 5.97 Å². The smallest absolute Gasteiger partial charge is 0.337 e. The van der Waals surface area contributed by atoms with Crippen LogP contribution in [0, 0.1) is 13.8 Å². The van der Waals surface area contributed by atoms with Gasteiger partial charge in [-0.05, 0) is 55.8 Å². The molecule has 0 bridgehead atoms. The van der Waals surface area contributed by atoms with E-state index in [1.165, 1.54) is 18.9 Å². The number of aromatic amines is 1.